The summed E-state index contributed by atoms with van der Waals surface area (Å²) in [7, 11) is 2.20. The summed E-state index contributed by atoms with van der Waals surface area (Å²) in [6.45, 7) is 4.58. The van der Waals surface area contributed by atoms with Gasteiger partial charge in [-0.3, -0.25) is 9.69 Å². The molecule has 2 aliphatic heterocycles. The van der Waals surface area contributed by atoms with Gasteiger partial charge in [0.05, 0.1) is 0 Å². The average Bonchev–Trinajstić information content (AvgIpc) is 2.44. The van der Waals surface area contributed by atoms with E-state index < -0.39 is 0 Å². The highest BCUT2D eigenvalue weighted by molar-refractivity contribution is 5.78. The first-order valence-corrected chi connectivity index (χ1v) is 6.20. The quantitative estimate of drug-likeness (QED) is 0.648. The molecule has 0 N–H and O–H groups in total. The van der Waals surface area contributed by atoms with Gasteiger partial charge in [0.1, 0.15) is 5.78 Å². The van der Waals surface area contributed by atoms with Gasteiger partial charge in [0.15, 0.2) is 0 Å². The van der Waals surface area contributed by atoms with Gasteiger partial charge in [-0.2, -0.15) is 0 Å². The van der Waals surface area contributed by atoms with Crippen LogP contribution in [0.5, 0.6) is 0 Å². The zero-order chi connectivity index (χ0) is 10.7. The van der Waals surface area contributed by atoms with Gasteiger partial charge in [0, 0.05) is 25.4 Å². The molecule has 0 aliphatic carbocycles. The molecule has 0 atom stereocenters. The molecule has 3 heteroatoms. The number of carbonyl (C=O) groups is 1. The molecule has 2 aliphatic rings. The van der Waals surface area contributed by atoms with Gasteiger partial charge in [0.2, 0.25) is 0 Å². The van der Waals surface area contributed by atoms with Gasteiger partial charge in [-0.25, -0.2) is 0 Å². The van der Waals surface area contributed by atoms with Crippen molar-refractivity contribution in [2.75, 3.05) is 33.2 Å². The summed E-state index contributed by atoms with van der Waals surface area (Å²) in [5, 5.41) is 0. The van der Waals surface area contributed by atoms with E-state index >= 15 is 0 Å². The molecule has 86 valence electrons. The Kier molecular flexibility index (Phi) is 3.76. The van der Waals surface area contributed by atoms with Crippen LogP contribution < -0.4 is 0 Å². The van der Waals surface area contributed by atoms with E-state index in [-0.39, 0.29) is 0 Å². The Balaban J connectivity index is 1.84. The number of nitrogens with zero attached hydrogens (tertiary/aromatic N) is 2. The van der Waals surface area contributed by atoms with Crippen LogP contribution in [0.3, 0.4) is 0 Å². The first-order chi connectivity index (χ1) is 7.25. The zero-order valence-electron chi connectivity index (χ0n) is 9.74. The Morgan fingerprint density at radius 3 is 2.53 bits per heavy atom. The summed E-state index contributed by atoms with van der Waals surface area (Å²) in [4.78, 5) is 16.3. The summed E-state index contributed by atoms with van der Waals surface area (Å²) < 4.78 is 0. The fourth-order valence-electron chi connectivity index (χ4n) is 2.71. The second kappa shape index (κ2) is 5.08. The molecule has 0 amide bonds. The van der Waals surface area contributed by atoms with E-state index in [2.05, 4.69) is 16.8 Å². The lowest BCUT2D eigenvalue weighted by Crippen LogP contribution is -2.44. The highest BCUT2D eigenvalue weighted by atomic mass is 16.1. The van der Waals surface area contributed by atoms with Crippen LogP contribution in [0.2, 0.25) is 0 Å². The molecule has 2 heterocycles. The van der Waals surface area contributed by atoms with Crippen LogP contribution >= 0.6 is 0 Å². The molecule has 0 saturated carbocycles. The SMILES string of the molecule is CN1CCC(N2CCCC(=O)CC2)CC1. The molecule has 0 aromatic rings. The van der Waals surface area contributed by atoms with E-state index in [0.717, 1.165) is 38.4 Å². The number of carbonyl (C=O) groups excluding carboxylic acids is 1. The van der Waals surface area contributed by atoms with Crippen LogP contribution in [0.15, 0.2) is 0 Å². The fourth-order valence-corrected chi connectivity index (χ4v) is 2.71. The van der Waals surface area contributed by atoms with Crippen molar-refractivity contribution in [1.82, 2.24) is 9.80 Å². The van der Waals surface area contributed by atoms with Gasteiger partial charge < -0.3 is 4.90 Å². The first kappa shape index (κ1) is 11.1. The van der Waals surface area contributed by atoms with E-state index in [1.54, 1.807) is 0 Å². The standard InChI is InChI=1S/C12H22N2O/c1-13-8-4-11(5-9-13)14-7-2-3-12(15)6-10-14/h11H,2-10H2,1H3. The van der Waals surface area contributed by atoms with Gasteiger partial charge in [0.25, 0.3) is 0 Å². The number of rotatable bonds is 1. The second-order valence-corrected chi connectivity index (χ2v) is 4.96. The van der Waals surface area contributed by atoms with E-state index in [1.807, 2.05) is 0 Å². The highest BCUT2D eigenvalue weighted by Gasteiger charge is 2.24. The minimum Gasteiger partial charge on any atom is -0.306 e. The highest BCUT2D eigenvalue weighted by Crippen LogP contribution is 2.18. The number of ketones is 1. The lowest BCUT2D eigenvalue weighted by Gasteiger charge is -2.36. The van der Waals surface area contributed by atoms with Crippen molar-refractivity contribution in [2.45, 2.75) is 38.1 Å². The molecule has 0 unspecified atom stereocenters. The number of hydrogen-bond donors (Lipinski definition) is 0. The zero-order valence-corrected chi connectivity index (χ0v) is 9.74. The van der Waals surface area contributed by atoms with Crippen LogP contribution in [0.4, 0.5) is 0 Å². The van der Waals surface area contributed by atoms with Gasteiger partial charge in [-0.15, -0.1) is 0 Å². The lowest BCUT2D eigenvalue weighted by molar-refractivity contribution is -0.118. The van der Waals surface area contributed by atoms with E-state index in [1.165, 1.54) is 25.9 Å². The van der Waals surface area contributed by atoms with Crippen LogP contribution in [0.1, 0.15) is 32.1 Å². The van der Waals surface area contributed by atoms with E-state index in [9.17, 15) is 4.79 Å². The maximum absolute atomic E-state index is 11.3. The topological polar surface area (TPSA) is 23.6 Å². The van der Waals surface area contributed by atoms with Crippen molar-refractivity contribution >= 4 is 5.78 Å². The lowest BCUT2D eigenvalue weighted by atomic mass is 10.0. The summed E-state index contributed by atoms with van der Waals surface area (Å²) in [5.41, 5.74) is 0. The summed E-state index contributed by atoms with van der Waals surface area (Å²) >= 11 is 0. The Morgan fingerprint density at radius 2 is 1.80 bits per heavy atom. The van der Waals surface area contributed by atoms with Crippen LogP contribution in [0.25, 0.3) is 0 Å². The van der Waals surface area contributed by atoms with Crippen LogP contribution in [-0.2, 0) is 4.79 Å². The largest absolute Gasteiger partial charge is 0.306 e. The third-order valence-corrected chi connectivity index (χ3v) is 3.78. The number of Topliss-reactive ketones (excluding diaryl/α,β-unsaturated/α-hetero) is 1. The second-order valence-electron chi connectivity index (χ2n) is 4.96. The van der Waals surface area contributed by atoms with Crippen molar-refractivity contribution in [2.24, 2.45) is 0 Å². The molecule has 0 bridgehead atoms. The predicted molar refractivity (Wildman–Crippen MR) is 61.0 cm³/mol. The fraction of sp³-hybridized carbons (Fsp3) is 0.917. The average molecular weight is 210 g/mol. The number of likely N-dealkylation sites (tertiary alicyclic amines) is 2. The molecular formula is C12H22N2O. The Bertz CT molecular complexity index is 222. The minimum absolute atomic E-state index is 0.463. The maximum Gasteiger partial charge on any atom is 0.134 e. The van der Waals surface area contributed by atoms with Crippen molar-refractivity contribution in [3.63, 3.8) is 0 Å². The molecule has 0 spiro atoms. The smallest absolute Gasteiger partial charge is 0.134 e. The summed E-state index contributed by atoms with van der Waals surface area (Å²) in [5.74, 6) is 0.463. The van der Waals surface area contributed by atoms with Crippen LogP contribution in [0, 0.1) is 0 Å². The third kappa shape index (κ3) is 3.02. The number of hydrogen-bond acceptors (Lipinski definition) is 3. The molecule has 0 radical (unpaired) electrons. The third-order valence-electron chi connectivity index (χ3n) is 3.78. The molecule has 2 rings (SSSR count). The van der Waals surface area contributed by atoms with Crippen molar-refractivity contribution in [3.8, 4) is 0 Å². The predicted octanol–water partition coefficient (Wildman–Crippen LogP) is 1.14. The van der Waals surface area contributed by atoms with Gasteiger partial charge >= 0.3 is 0 Å². The monoisotopic (exact) mass is 210 g/mol. The number of piperidine rings is 1. The molecule has 0 aromatic heterocycles. The Hall–Kier alpha value is -0.410. The summed E-state index contributed by atoms with van der Waals surface area (Å²) in [6.07, 6.45) is 5.23. The van der Waals surface area contributed by atoms with Gasteiger partial charge in [-0.05, 0) is 45.9 Å². The van der Waals surface area contributed by atoms with Crippen molar-refractivity contribution < 1.29 is 4.79 Å². The molecule has 0 aromatic carbocycles. The normalized spacial score (nSPS) is 27.9. The maximum atomic E-state index is 11.3. The first-order valence-electron chi connectivity index (χ1n) is 6.20. The van der Waals surface area contributed by atoms with Crippen molar-refractivity contribution in [3.05, 3.63) is 0 Å². The molecule has 15 heavy (non-hydrogen) atoms. The van der Waals surface area contributed by atoms with Crippen molar-refractivity contribution in [1.29, 1.82) is 0 Å². The molecular weight excluding hydrogens is 188 g/mol. The Labute approximate surface area is 92.4 Å². The van der Waals surface area contributed by atoms with E-state index in [4.69, 9.17) is 0 Å². The molecule has 3 nitrogen and oxygen atoms in total. The van der Waals surface area contributed by atoms with Crippen LogP contribution in [-0.4, -0.2) is 54.9 Å². The summed E-state index contributed by atoms with van der Waals surface area (Å²) in [6, 6.07) is 0.743. The van der Waals surface area contributed by atoms with E-state index in [0.29, 0.717) is 5.78 Å². The van der Waals surface area contributed by atoms with Gasteiger partial charge in [-0.1, -0.05) is 0 Å². The minimum atomic E-state index is 0.463. The molecule has 2 fully saturated rings. The molecule has 2 saturated heterocycles. The Morgan fingerprint density at radius 1 is 1.07 bits per heavy atom.